The van der Waals surface area contributed by atoms with Crippen LogP contribution in [0.2, 0.25) is 0 Å². The maximum atomic E-state index is 6.00. The predicted molar refractivity (Wildman–Crippen MR) is 63.1 cm³/mol. The van der Waals surface area contributed by atoms with E-state index in [1.807, 2.05) is 0 Å². The van der Waals surface area contributed by atoms with Crippen LogP contribution in [0.25, 0.3) is 11.6 Å². The monoisotopic (exact) mass is 230 g/mol. The number of hydrogen-bond acceptors (Lipinski definition) is 5. The summed E-state index contributed by atoms with van der Waals surface area (Å²) < 4.78 is 0. The van der Waals surface area contributed by atoms with Crippen molar-refractivity contribution in [2.24, 2.45) is 0 Å². The highest BCUT2D eigenvalue weighted by atomic mass is 15.2. The van der Waals surface area contributed by atoms with Crippen LogP contribution in [0.4, 0.5) is 5.82 Å². The van der Waals surface area contributed by atoms with Crippen LogP contribution in [0.1, 0.15) is 30.5 Å². The highest BCUT2D eigenvalue weighted by molar-refractivity contribution is 5.52. The summed E-state index contributed by atoms with van der Waals surface area (Å²) in [4.78, 5) is 12.9. The number of anilines is 1. The van der Waals surface area contributed by atoms with E-state index in [1.165, 1.54) is 25.6 Å². The molecule has 2 aromatic heterocycles. The molecule has 0 saturated heterocycles. The Balaban J connectivity index is 2.09. The number of nitrogens with two attached hydrogens (primary N) is 1. The van der Waals surface area contributed by atoms with E-state index in [2.05, 4.69) is 25.1 Å². The molecule has 0 radical (unpaired) electrons. The van der Waals surface area contributed by atoms with E-state index >= 15 is 0 Å². The number of rotatable bonds is 1. The molecule has 3 rings (SSSR count). The SMILES string of the molecule is Nc1nc(-c2ncn[nH]2)nc2c1CCCCC2. The summed E-state index contributed by atoms with van der Waals surface area (Å²) in [5.41, 5.74) is 8.19. The zero-order chi connectivity index (χ0) is 11.7. The molecule has 0 aliphatic heterocycles. The molecule has 2 heterocycles. The van der Waals surface area contributed by atoms with Crippen LogP contribution < -0.4 is 5.73 Å². The van der Waals surface area contributed by atoms with Gasteiger partial charge in [0.05, 0.1) is 0 Å². The van der Waals surface area contributed by atoms with Gasteiger partial charge in [0, 0.05) is 11.3 Å². The van der Waals surface area contributed by atoms with Crippen molar-refractivity contribution in [3.05, 3.63) is 17.6 Å². The molecule has 0 fully saturated rings. The fraction of sp³-hybridized carbons (Fsp3) is 0.455. The van der Waals surface area contributed by atoms with Gasteiger partial charge in [-0.3, -0.25) is 5.10 Å². The minimum Gasteiger partial charge on any atom is -0.383 e. The molecule has 0 bridgehead atoms. The number of fused-ring (bicyclic) bond motifs is 1. The summed E-state index contributed by atoms with van der Waals surface area (Å²) in [6, 6.07) is 0. The Hall–Kier alpha value is -1.98. The second-order valence-electron chi connectivity index (χ2n) is 4.25. The molecule has 1 aliphatic rings. The first-order valence-corrected chi connectivity index (χ1v) is 5.85. The van der Waals surface area contributed by atoms with Crippen LogP contribution in [-0.2, 0) is 12.8 Å². The van der Waals surface area contributed by atoms with Gasteiger partial charge in [0.1, 0.15) is 12.1 Å². The van der Waals surface area contributed by atoms with E-state index in [0.717, 1.165) is 24.1 Å². The van der Waals surface area contributed by atoms with Crippen LogP contribution >= 0.6 is 0 Å². The Kier molecular flexibility index (Phi) is 2.47. The van der Waals surface area contributed by atoms with Gasteiger partial charge in [-0.05, 0) is 25.7 Å². The minimum atomic E-state index is 0.542. The molecule has 6 nitrogen and oxygen atoms in total. The molecule has 88 valence electrons. The number of aromatic nitrogens is 5. The summed E-state index contributed by atoms with van der Waals surface area (Å²) in [7, 11) is 0. The van der Waals surface area contributed by atoms with Gasteiger partial charge in [-0.25, -0.2) is 15.0 Å². The van der Waals surface area contributed by atoms with Gasteiger partial charge < -0.3 is 5.73 Å². The van der Waals surface area contributed by atoms with Gasteiger partial charge in [0.2, 0.25) is 0 Å². The lowest BCUT2D eigenvalue weighted by Crippen LogP contribution is -2.07. The largest absolute Gasteiger partial charge is 0.383 e. The van der Waals surface area contributed by atoms with Crippen molar-refractivity contribution in [2.75, 3.05) is 5.73 Å². The van der Waals surface area contributed by atoms with Crippen molar-refractivity contribution in [2.45, 2.75) is 32.1 Å². The lowest BCUT2D eigenvalue weighted by Gasteiger charge is -2.08. The van der Waals surface area contributed by atoms with Crippen molar-refractivity contribution in [3.63, 3.8) is 0 Å². The smallest absolute Gasteiger partial charge is 0.199 e. The first-order chi connectivity index (χ1) is 8.34. The Labute approximate surface area is 98.7 Å². The minimum absolute atomic E-state index is 0.542. The van der Waals surface area contributed by atoms with E-state index in [4.69, 9.17) is 5.73 Å². The standard InChI is InChI=1S/C11H14N6/c12-9-7-4-2-1-3-5-8(7)15-11(16-9)10-13-6-14-17-10/h6H,1-5H2,(H2,12,15,16)(H,13,14,17). The molecule has 0 atom stereocenters. The van der Waals surface area contributed by atoms with E-state index in [-0.39, 0.29) is 0 Å². The molecule has 0 spiro atoms. The molecule has 3 N–H and O–H groups in total. The van der Waals surface area contributed by atoms with Crippen LogP contribution in [-0.4, -0.2) is 25.1 Å². The van der Waals surface area contributed by atoms with E-state index in [1.54, 1.807) is 0 Å². The van der Waals surface area contributed by atoms with Crippen molar-refractivity contribution < 1.29 is 0 Å². The third-order valence-electron chi connectivity index (χ3n) is 3.09. The number of nitrogen functional groups attached to an aromatic ring is 1. The van der Waals surface area contributed by atoms with Crippen LogP contribution in [0.3, 0.4) is 0 Å². The third kappa shape index (κ3) is 1.86. The molecule has 0 saturated carbocycles. The predicted octanol–water partition coefficient (Wildman–Crippen LogP) is 1.11. The van der Waals surface area contributed by atoms with E-state index in [9.17, 15) is 0 Å². The highest BCUT2D eigenvalue weighted by Crippen LogP contribution is 2.24. The molecule has 1 aliphatic carbocycles. The van der Waals surface area contributed by atoms with E-state index in [0.29, 0.717) is 17.5 Å². The molecule has 0 unspecified atom stereocenters. The van der Waals surface area contributed by atoms with E-state index < -0.39 is 0 Å². The molecule has 2 aromatic rings. The van der Waals surface area contributed by atoms with Crippen molar-refractivity contribution in [1.82, 2.24) is 25.1 Å². The second-order valence-corrected chi connectivity index (χ2v) is 4.25. The number of H-pyrrole nitrogens is 1. The summed E-state index contributed by atoms with van der Waals surface area (Å²) >= 11 is 0. The molecule has 17 heavy (non-hydrogen) atoms. The van der Waals surface area contributed by atoms with Gasteiger partial charge in [-0.15, -0.1) is 0 Å². The van der Waals surface area contributed by atoms with Gasteiger partial charge in [0.25, 0.3) is 0 Å². The molecular weight excluding hydrogens is 216 g/mol. The fourth-order valence-corrected chi connectivity index (χ4v) is 2.22. The Morgan fingerprint density at radius 2 is 2.00 bits per heavy atom. The van der Waals surface area contributed by atoms with Crippen molar-refractivity contribution >= 4 is 5.82 Å². The Morgan fingerprint density at radius 3 is 2.82 bits per heavy atom. The maximum absolute atomic E-state index is 6.00. The lowest BCUT2D eigenvalue weighted by molar-refractivity contribution is 0.709. The number of nitrogens with one attached hydrogen (secondary N) is 1. The first-order valence-electron chi connectivity index (χ1n) is 5.85. The summed E-state index contributed by atoms with van der Waals surface area (Å²) in [6.07, 6.45) is 6.97. The average Bonchev–Trinajstić information content (AvgIpc) is 2.75. The maximum Gasteiger partial charge on any atom is 0.199 e. The molecular formula is C11H14N6. The second kappa shape index (κ2) is 4.12. The summed E-state index contributed by atoms with van der Waals surface area (Å²) in [5.74, 6) is 1.70. The topological polar surface area (TPSA) is 93.4 Å². The highest BCUT2D eigenvalue weighted by Gasteiger charge is 2.16. The third-order valence-corrected chi connectivity index (χ3v) is 3.09. The van der Waals surface area contributed by atoms with Crippen LogP contribution in [0, 0.1) is 0 Å². The van der Waals surface area contributed by atoms with Crippen molar-refractivity contribution in [3.8, 4) is 11.6 Å². The number of nitrogens with zero attached hydrogens (tertiary/aromatic N) is 4. The number of aryl methyl sites for hydroxylation is 1. The zero-order valence-electron chi connectivity index (χ0n) is 9.48. The quantitative estimate of drug-likeness (QED) is 0.716. The number of hydrogen-bond donors (Lipinski definition) is 2. The van der Waals surface area contributed by atoms with Crippen LogP contribution in [0.5, 0.6) is 0 Å². The first kappa shape index (κ1) is 10.2. The Bertz CT molecular complexity index is 519. The van der Waals surface area contributed by atoms with Gasteiger partial charge in [-0.2, -0.15) is 5.10 Å². The van der Waals surface area contributed by atoms with Crippen LogP contribution in [0.15, 0.2) is 6.33 Å². The normalized spacial score (nSPS) is 15.3. The molecule has 6 heteroatoms. The summed E-state index contributed by atoms with van der Waals surface area (Å²) in [6.45, 7) is 0. The molecule has 0 amide bonds. The lowest BCUT2D eigenvalue weighted by atomic mass is 10.1. The fourth-order valence-electron chi connectivity index (χ4n) is 2.22. The summed E-state index contributed by atoms with van der Waals surface area (Å²) in [5, 5.41) is 6.56. The van der Waals surface area contributed by atoms with Gasteiger partial charge in [-0.1, -0.05) is 6.42 Å². The van der Waals surface area contributed by atoms with Gasteiger partial charge in [0.15, 0.2) is 11.6 Å². The Morgan fingerprint density at radius 1 is 1.12 bits per heavy atom. The average molecular weight is 230 g/mol. The van der Waals surface area contributed by atoms with Gasteiger partial charge >= 0.3 is 0 Å². The molecule has 0 aromatic carbocycles. The number of aromatic amines is 1. The van der Waals surface area contributed by atoms with Crippen molar-refractivity contribution in [1.29, 1.82) is 0 Å². The zero-order valence-corrected chi connectivity index (χ0v) is 9.48.